The van der Waals surface area contributed by atoms with Crippen molar-refractivity contribution in [1.29, 1.82) is 0 Å². The first-order chi connectivity index (χ1) is 15.5. The van der Waals surface area contributed by atoms with Gasteiger partial charge in [0.1, 0.15) is 11.6 Å². The standard InChI is InChI=1S/C21H14F5N3O3S/c22-16-8-7-14(19(23)11-16)12-27-28-20(30)13-3-1-6-18(9-13)33(31,32)29-17-5-2-4-15(10-17)21(24,25)26/h1-12,29H,(H,28,30)/b27-12+. The van der Waals surface area contributed by atoms with Gasteiger partial charge in [0.05, 0.1) is 16.7 Å². The number of carbonyl (C=O) groups excluding carboxylic acids is 1. The number of hydrogen-bond donors (Lipinski definition) is 2. The van der Waals surface area contributed by atoms with Crippen LogP contribution in [0.2, 0.25) is 0 Å². The topological polar surface area (TPSA) is 87.6 Å². The van der Waals surface area contributed by atoms with Gasteiger partial charge >= 0.3 is 6.18 Å². The Balaban J connectivity index is 1.75. The highest BCUT2D eigenvalue weighted by atomic mass is 32.2. The molecule has 0 aliphatic rings. The maximum Gasteiger partial charge on any atom is 0.416 e. The van der Waals surface area contributed by atoms with E-state index in [1.807, 2.05) is 4.72 Å². The number of halogens is 5. The fourth-order valence-corrected chi connectivity index (χ4v) is 3.70. The average molecular weight is 483 g/mol. The molecule has 172 valence electrons. The van der Waals surface area contributed by atoms with Gasteiger partial charge in [-0.2, -0.15) is 18.3 Å². The van der Waals surface area contributed by atoms with Gasteiger partial charge in [-0.3, -0.25) is 9.52 Å². The molecule has 33 heavy (non-hydrogen) atoms. The van der Waals surface area contributed by atoms with Crippen LogP contribution in [0, 0.1) is 11.6 Å². The fourth-order valence-electron chi connectivity index (χ4n) is 2.61. The highest BCUT2D eigenvalue weighted by molar-refractivity contribution is 7.92. The van der Waals surface area contributed by atoms with Gasteiger partial charge in [-0.1, -0.05) is 12.1 Å². The zero-order chi connectivity index (χ0) is 24.2. The van der Waals surface area contributed by atoms with Crippen LogP contribution >= 0.6 is 0 Å². The zero-order valence-electron chi connectivity index (χ0n) is 16.4. The van der Waals surface area contributed by atoms with Gasteiger partial charge in [0.25, 0.3) is 15.9 Å². The van der Waals surface area contributed by atoms with Crippen LogP contribution in [0.1, 0.15) is 21.5 Å². The maximum absolute atomic E-state index is 13.6. The van der Waals surface area contributed by atoms with E-state index in [2.05, 4.69) is 10.5 Å². The van der Waals surface area contributed by atoms with Crippen LogP contribution in [-0.2, 0) is 16.2 Å². The number of anilines is 1. The van der Waals surface area contributed by atoms with Gasteiger partial charge in [0.15, 0.2) is 0 Å². The van der Waals surface area contributed by atoms with Crippen molar-refractivity contribution >= 4 is 27.8 Å². The first kappa shape index (κ1) is 23.9. The smallest absolute Gasteiger partial charge is 0.280 e. The van der Waals surface area contributed by atoms with Crippen molar-refractivity contribution in [2.24, 2.45) is 5.10 Å². The molecule has 6 nitrogen and oxygen atoms in total. The average Bonchev–Trinajstić information content (AvgIpc) is 2.74. The van der Waals surface area contributed by atoms with E-state index >= 15 is 0 Å². The Morgan fingerprint density at radius 3 is 2.36 bits per heavy atom. The molecule has 1 amide bonds. The van der Waals surface area contributed by atoms with Crippen molar-refractivity contribution in [2.75, 3.05) is 4.72 Å². The Morgan fingerprint density at radius 1 is 0.939 bits per heavy atom. The number of alkyl halides is 3. The molecule has 0 bridgehead atoms. The summed E-state index contributed by atoms with van der Waals surface area (Å²) in [4.78, 5) is 11.9. The van der Waals surface area contributed by atoms with Crippen LogP contribution in [0.15, 0.2) is 76.7 Å². The van der Waals surface area contributed by atoms with Gasteiger partial charge < -0.3 is 0 Å². The Bertz CT molecular complexity index is 1320. The van der Waals surface area contributed by atoms with Crippen LogP contribution in [0.25, 0.3) is 0 Å². The van der Waals surface area contributed by atoms with Crippen molar-refractivity contribution in [2.45, 2.75) is 11.1 Å². The molecule has 0 atom stereocenters. The molecule has 0 aliphatic heterocycles. The third kappa shape index (κ3) is 6.13. The van der Waals surface area contributed by atoms with Crippen LogP contribution in [0.5, 0.6) is 0 Å². The maximum atomic E-state index is 13.6. The number of rotatable bonds is 6. The summed E-state index contributed by atoms with van der Waals surface area (Å²) < 4.78 is 92.2. The van der Waals surface area contributed by atoms with Crippen LogP contribution in [0.3, 0.4) is 0 Å². The first-order valence-corrected chi connectivity index (χ1v) is 10.5. The Kier molecular flexibility index (Phi) is 6.77. The summed E-state index contributed by atoms with van der Waals surface area (Å²) in [6, 6.07) is 11.0. The Labute approximate surface area is 184 Å². The lowest BCUT2D eigenvalue weighted by Gasteiger charge is -2.12. The zero-order valence-corrected chi connectivity index (χ0v) is 17.2. The molecule has 0 radical (unpaired) electrons. The molecule has 0 fully saturated rings. The summed E-state index contributed by atoms with van der Waals surface area (Å²) in [5.74, 6) is -2.53. The number of hydrogen-bond acceptors (Lipinski definition) is 4. The molecular weight excluding hydrogens is 469 g/mol. The van der Waals surface area contributed by atoms with Gasteiger partial charge in [-0.25, -0.2) is 22.6 Å². The van der Waals surface area contributed by atoms with Gasteiger partial charge in [0.2, 0.25) is 0 Å². The lowest BCUT2D eigenvalue weighted by atomic mass is 10.2. The summed E-state index contributed by atoms with van der Waals surface area (Å²) in [5.41, 5.74) is 0.483. The van der Waals surface area contributed by atoms with E-state index in [1.165, 1.54) is 12.1 Å². The molecule has 0 aromatic heterocycles. The molecule has 0 spiro atoms. The van der Waals surface area contributed by atoms with Gasteiger partial charge in [0, 0.05) is 22.9 Å². The molecule has 3 aromatic carbocycles. The molecule has 2 N–H and O–H groups in total. The van der Waals surface area contributed by atoms with Gasteiger partial charge in [-0.05, 0) is 48.5 Å². The fraction of sp³-hybridized carbons (Fsp3) is 0.0476. The quantitative estimate of drug-likeness (QED) is 0.306. The Hall–Kier alpha value is -3.80. The lowest BCUT2D eigenvalue weighted by molar-refractivity contribution is -0.137. The summed E-state index contributed by atoms with van der Waals surface area (Å²) in [6.07, 6.45) is -3.72. The normalized spacial score (nSPS) is 12.0. The van der Waals surface area contributed by atoms with Crippen LogP contribution in [0.4, 0.5) is 27.6 Å². The number of carbonyl (C=O) groups is 1. The van der Waals surface area contributed by atoms with E-state index < -0.39 is 39.3 Å². The number of nitrogens with one attached hydrogen (secondary N) is 2. The van der Waals surface area contributed by atoms with Crippen molar-refractivity contribution in [3.63, 3.8) is 0 Å². The van der Waals surface area contributed by atoms with Gasteiger partial charge in [-0.15, -0.1) is 0 Å². The van der Waals surface area contributed by atoms with Crippen molar-refractivity contribution < 1.29 is 35.2 Å². The second-order valence-electron chi connectivity index (χ2n) is 6.58. The minimum Gasteiger partial charge on any atom is -0.280 e. The third-order valence-corrected chi connectivity index (χ3v) is 5.56. The number of nitrogens with zero attached hydrogens (tertiary/aromatic N) is 1. The summed E-state index contributed by atoms with van der Waals surface area (Å²) >= 11 is 0. The number of hydrazone groups is 1. The monoisotopic (exact) mass is 483 g/mol. The second-order valence-corrected chi connectivity index (χ2v) is 8.26. The molecule has 0 saturated heterocycles. The molecule has 3 rings (SSSR count). The predicted molar refractivity (Wildman–Crippen MR) is 110 cm³/mol. The van der Waals surface area contributed by atoms with E-state index in [-0.39, 0.29) is 21.7 Å². The molecule has 0 aliphatic carbocycles. The first-order valence-electron chi connectivity index (χ1n) is 9.04. The van der Waals surface area contributed by atoms with E-state index in [4.69, 9.17) is 0 Å². The highest BCUT2D eigenvalue weighted by Gasteiger charge is 2.30. The largest absolute Gasteiger partial charge is 0.416 e. The molecule has 0 unspecified atom stereocenters. The molecule has 12 heteroatoms. The number of benzene rings is 3. The SMILES string of the molecule is O=C(N/N=C/c1ccc(F)cc1F)c1cccc(S(=O)(=O)Nc2cccc(C(F)(F)F)c2)c1. The minimum atomic E-state index is -4.66. The van der Waals surface area contributed by atoms with Crippen molar-refractivity contribution in [3.05, 3.63) is 95.1 Å². The second kappa shape index (κ2) is 9.36. The van der Waals surface area contributed by atoms with E-state index in [0.29, 0.717) is 12.1 Å². The summed E-state index contributed by atoms with van der Waals surface area (Å²) in [5, 5.41) is 3.54. The van der Waals surface area contributed by atoms with Crippen LogP contribution in [-0.4, -0.2) is 20.5 Å². The lowest BCUT2D eigenvalue weighted by Crippen LogP contribution is -2.19. The molecular formula is C21H14F5N3O3S. The summed E-state index contributed by atoms with van der Waals surface area (Å²) in [6.45, 7) is 0. The molecule has 0 saturated carbocycles. The third-order valence-electron chi connectivity index (χ3n) is 4.18. The van der Waals surface area contributed by atoms with Crippen molar-refractivity contribution in [1.82, 2.24) is 5.43 Å². The van der Waals surface area contributed by atoms with Crippen LogP contribution < -0.4 is 10.1 Å². The van der Waals surface area contributed by atoms with Crippen molar-refractivity contribution in [3.8, 4) is 0 Å². The number of sulfonamides is 1. The minimum absolute atomic E-state index is 0.0988. The van der Waals surface area contributed by atoms with E-state index in [0.717, 1.165) is 48.7 Å². The summed E-state index contributed by atoms with van der Waals surface area (Å²) in [7, 11) is -4.33. The number of amides is 1. The molecule has 3 aromatic rings. The van der Waals surface area contributed by atoms with E-state index in [1.54, 1.807) is 0 Å². The predicted octanol–water partition coefficient (Wildman–Crippen LogP) is 4.55. The Morgan fingerprint density at radius 2 is 1.67 bits per heavy atom. The highest BCUT2D eigenvalue weighted by Crippen LogP contribution is 2.31. The molecule has 0 heterocycles. The van der Waals surface area contributed by atoms with E-state index in [9.17, 15) is 35.2 Å².